The molecular formula is C29H37F3N8O3. The minimum atomic E-state index is -2.91. The van der Waals surface area contributed by atoms with Gasteiger partial charge in [-0.1, -0.05) is 0 Å². The van der Waals surface area contributed by atoms with Gasteiger partial charge in [0.2, 0.25) is 0 Å². The number of aromatic nitrogens is 2. The zero-order valence-corrected chi connectivity index (χ0v) is 24.4. The number of hydrogen-bond donors (Lipinski definition) is 3. The number of anilines is 2. The Kier molecular flexibility index (Phi) is 9.58. The van der Waals surface area contributed by atoms with Crippen LogP contribution in [0.4, 0.5) is 29.3 Å². The van der Waals surface area contributed by atoms with Crippen LogP contribution in [0.15, 0.2) is 41.8 Å². The molecule has 0 saturated carbocycles. The summed E-state index contributed by atoms with van der Waals surface area (Å²) in [6.45, 7) is 6.71. The molecule has 0 atom stereocenters. The van der Waals surface area contributed by atoms with Gasteiger partial charge in [-0.15, -0.1) is 0 Å². The number of nitrogen functional groups attached to an aromatic ring is 1. The summed E-state index contributed by atoms with van der Waals surface area (Å²) >= 11 is 0. The van der Waals surface area contributed by atoms with E-state index in [1.54, 1.807) is 26.8 Å². The van der Waals surface area contributed by atoms with Crippen molar-refractivity contribution in [2.24, 2.45) is 10.7 Å². The number of aliphatic imine (C=N–C) groups is 1. The van der Waals surface area contributed by atoms with Crippen molar-refractivity contribution >= 4 is 35.2 Å². The smallest absolute Gasteiger partial charge is 0.410 e. The van der Waals surface area contributed by atoms with E-state index >= 15 is 4.39 Å². The summed E-state index contributed by atoms with van der Waals surface area (Å²) in [6.07, 6.45) is 3.25. The number of likely N-dealkylation sites (tertiary alicyclic amines) is 2. The molecule has 43 heavy (non-hydrogen) atoms. The minimum Gasteiger partial charge on any atom is -0.444 e. The number of piperidine rings is 1. The fraction of sp³-hybridized carbons (Fsp3) is 0.483. The first-order chi connectivity index (χ1) is 20.3. The molecule has 0 radical (unpaired) electrons. The van der Waals surface area contributed by atoms with E-state index in [4.69, 9.17) is 16.2 Å². The number of carbonyl (C=O) groups excluding carboxylic acids is 2. The molecule has 5 N–H and O–H groups in total. The van der Waals surface area contributed by atoms with Crippen molar-refractivity contribution in [3.63, 3.8) is 0 Å². The van der Waals surface area contributed by atoms with Crippen LogP contribution in [0.3, 0.4) is 0 Å². The summed E-state index contributed by atoms with van der Waals surface area (Å²) < 4.78 is 48.1. The van der Waals surface area contributed by atoms with Crippen molar-refractivity contribution < 1.29 is 27.5 Å². The molecule has 0 bridgehead atoms. The van der Waals surface area contributed by atoms with Crippen LogP contribution in [0.1, 0.15) is 57.0 Å². The number of carbonyl (C=O) groups is 2. The highest BCUT2D eigenvalue weighted by atomic mass is 19.3. The molecule has 2 saturated heterocycles. The van der Waals surface area contributed by atoms with Gasteiger partial charge in [-0.05, 0) is 51.8 Å². The maximum atomic E-state index is 15.2. The lowest BCUT2D eigenvalue weighted by Crippen LogP contribution is -2.66. The van der Waals surface area contributed by atoms with Crippen molar-refractivity contribution in [2.75, 3.05) is 43.8 Å². The van der Waals surface area contributed by atoms with Crippen LogP contribution in [-0.2, 0) is 9.53 Å². The third kappa shape index (κ3) is 8.21. The lowest BCUT2D eigenvalue weighted by molar-refractivity contribution is -0.111. The molecule has 1 aromatic carbocycles. The van der Waals surface area contributed by atoms with Gasteiger partial charge in [0, 0.05) is 61.3 Å². The second-order valence-electron chi connectivity index (χ2n) is 11.7. The van der Waals surface area contributed by atoms with E-state index in [0.717, 1.165) is 12.3 Å². The number of rotatable bonds is 8. The number of ether oxygens (including phenoxy) is 1. The molecule has 2 amide bonds. The quantitative estimate of drug-likeness (QED) is 0.235. The van der Waals surface area contributed by atoms with Gasteiger partial charge in [0.05, 0.1) is 30.4 Å². The molecule has 4 rings (SSSR count). The monoisotopic (exact) mass is 602 g/mol. The van der Waals surface area contributed by atoms with E-state index in [2.05, 4.69) is 20.3 Å². The van der Waals surface area contributed by atoms with Crippen LogP contribution in [0, 0.1) is 0 Å². The summed E-state index contributed by atoms with van der Waals surface area (Å²) in [4.78, 5) is 40.9. The summed E-state index contributed by atoms with van der Waals surface area (Å²) in [5.41, 5.74) is 9.28. The zero-order valence-electron chi connectivity index (χ0n) is 24.4. The number of hydrogen-bond acceptors (Lipinski definition) is 9. The number of nitrogens with zero attached hydrogens (tertiary/aromatic N) is 5. The molecule has 2 aliphatic heterocycles. The summed E-state index contributed by atoms with van der Waals surface area (Å²) in [5.74, 6) is -0.719. The van der Waals surface area contributed by atoms with E-state index in [0.29, 0.717) is 31.5 Å². The standard InChI is InChI=1S/C29H37F3N8O3/c1-28(2,3)43-27(42)40-16-29(32,17-40)15-39-9-5-19(6-10-39)37-14-18-11-23(20(24(30)31)12-22(18)34)38-26(41)21(13-33)25-35-7-4-8-36-25/h4,7-8,11-14,19,24H,5-6,9-10,15-17,33-34H2,1-3H3,(H,38,41). The number of alkyl halides is 3. The van der Waals surface area contributed by atoms with E-state index in [-0.39, 0.29) is 48.4 Å². The molecule has 2 fully saturated rings. The van der Waals surface area contributed by atoms with Crippen LogP contribution >= 0.6 is 0 Å². The molecule has 11 nitrogen and oxygen atoms in total. The number of amides is 2. The molecular weight excluding hydrogens is 565 g/mol. The largest absolute Gasteiger partial charge is 0.444 e. The maximum absolute atomic E-state index is 15.2. The highest BCUT2D eigenvalue weighted by molar-refractivity contribution is 6.24. The molecule has 3 heterocycles. The van der Waals surface area contributed by atoms with Gasteiger partial charge in [-0.25, -0.2) is 27.9 Å². The normalized spacial score (nSPS) is 18.1. The Morgan fingerprint density at radius 3 is 2.44 bits per heavy atom. The highest BCUT2D eigenvalue weighted by Gasteiger charge is 2.48. The molecule has 14 heteroatoms. The van der Waals surface area contributed by atoms with Crippen molar-refractivity contribution in [1.29, 1.82) is 0 Å². The van der Waals surface area contributed by atoms with E-state index in [1.165, 1.54) is 29.6 Å². The van der Waals surface area contributed by atoms with E-state index < -0.39 is 35.3 Å². The number of nitrogens with two attached hydrogens (primary N) is 2. The van der Waals surface area contributed by atoms with Gasteiger partial charge in [-0.3, -0.25) is 14.7 Å². The predicted molar refractivity (Wildman–Crippen MR) is 157 cm³/mol. The SMILES string of the molecule is CC(C)(C)OC(=O)N1CC(F)(CN2CCC(N=Cc3cc(NC(=O)C(=CN)c4ncccn4)c(C(F)F)cc3N)CC2)C1. The van der Waals surface area contributed by atoms with Crippen molar-refractivity contribution in [3.05, 3.63) is 53.7 Å². The molecule has 2 aliphatic rings. The Balaban J connectivity index is 1.35. The van der Waals surface area contributed by atoms with Crippen molar-refractivity contribution in [1.82, 2.24) is 19.8 Å². The summed E-state index contributed by atoms with van der Waals surface area (Å²) in [5, 5.41) is 2.47. The Bertz CT molecular complexity index is 1370. The van der Waals surface area contributed by atoms with Crippen LogP contribution < -0.4 is 16.8 Å². The van der Waals surface area contributed by atoms with Crippen molar-refractivity contribution in [2.45, 2.75) is 57.3 Å². The Labute approximate surface area is 248 Å². The average molecular weight is 603 g/mol. The van der Waals surface area contributed by atoms with Gasteiger partial charge in [0.15, 0.2) is 11.5 Å². The van der Waals surface area contributed by atoms with Crippen LogP contribution in [0.25, 0.3) is 5.57 Å². The third-order valence-corrected chi connectivity index (χ3v) is 7.05. The first-order valence-corrected chi connectivity index (χ1v) is 13.9. The minimum absolute atomic E-state index is 0.00626. The van der Waals surface area contributed by atoms with E-state index in [9.17, 15) is 18.4 Å². The summed E-state index contributed by atoms with van der Waals surface area (Å²) in [6, 6.07) is 3.93. The van der Waals surface area contributed by atoms with Gasteiger partial charge in [-0.2, -0.15) is 0 Å². The topological polar surface area (TPSA) is 152 Å². The molecule has 0 aliphatic carbocycles. The van der Waals surface area contributed by atoms with Gasteiger partial charge in [0.1, 0.15) is 5.60 Å². The Hall–Kier alpha value is -4.20. The number of benzene rings is 1. The second kappa shape index (κ2) is 13.0. The van der Waals surface area contributed by atoms with E-state index in [1.807, 2.05) is 4.90 Å². The molecule has 232 valence electrons. The lowest BCUT2D eigenvalue weighted by Gasteiger charge is -2.47. The fourth-order valence-electron chi connectivity index (χ4n) is 4.94. The van der Waals surface area contributed by atoms with Crippen LogP contribution in [0.5, 0.6) is 0 Å². The maximum Gasteiger partial charge on any atom is 0.410 e. The molecule has 1 aromatic heterocycles. The first-order valence-electron chi connectivity index (χ1n) is 13.9. The lowest BCUT2D eigenvalue weighted by atomic mass is 9.94. The van der Waals surface area contributed by atoms with Gasteiger partial charge in [0.25, 0.3) is 12.3 Å². The van der Waals surface area contributed by atoms with Crippen molar-refractivity contribution in [3.8, 4) is 0 Å². The number of nitrogens with one attached hydrogen (secondary N) is 1. The first kappa shape index (κ1) is 31.7. The molecule has 0 spiro atoms. The Morgan fingerprint density at radius 1 is 1.21 bits per heavy atom. The summed E-state index contributed by atoms with van der Waals surface area (Å²) in [7, 11) is 0. The second-order valence-corrected chi connectivity index (χ2v) is 11.7. The predicted octanol–water partition coefficient (Wildman–Crippen LogP) is 3.78. The molecule has 0 unspecified atom stereocenters. The zero-order chi connectivity index (χ0) is 31.4. The number of halogens is 3. The average Bonchev–Trinajstić information content (AvgIpc) is 2.92. The fourth-order valence-corrected chi connectivity index (χ4v) is 4.94. The third-order valence-electron chi connectivity index (χ3n) is 7.05. The molecule has 2 aromatic rings. The Morgan fingerprint density at radius 2 is 1.86 bits per heavy atom. The van der Waals surface area contributed by atoms with Crippen LogP contribution in [0.2, 0.25) is 0 Å². The highest BCUT2D eigenvalue weighted by Crippen LogP contribution is 2.32. The van der Waals surface area contributed by atoms with Gasteiger partial charge >= 0.3 is 6.09 Å². The van der Waals surface area contributed by atoms with Crippen LogP contribution in [-0.4, -0.2) is 88.0 Å². The van der Waals surface area contributed by atoms with Gasteiger partial charge < -0.3 is 26.4 Å².